The van der Waals surface area contributed by atoms with E-state index in [4.69, 9.17) is 0 Å². The number of ether oxygens (including phenoxy) is 2. The lowest BCUT2D eigenvalue weighted by atomic mass is 10.3. The van der Waals surface area contributed by atoms with Crippen LogP contribution in [0.15, 0.2) is 28.5 Å². The number of carbonyl (C=O) groups excluding carboxylic acids is 1. The number of alkyl halides is 2. The number of fused-ring (bicyclic) bond motifs is 2. The summed E-state index contributed by atoms with van der Waals surface area (Å²) in [5.41, 5.74) is 0.631. The quantitative estimate of drug-likeness (QED) is 0.698. The lowest BCUT2D eigenvalue weighted by molar-refractivity contribution is -0.286. The number of amides is 1. The number of benzene rings is 1. The number of anilines is 1. The number of aromatic amines is 1. The van der Waals surface area contributed by atoms with Crippen molar-refractivity contribution in [3.8, 4) is 11.5 Å². The Labute approximate surface area is 148 Å². The van der Waals surface area contributed by atoms with Gasteiger partial charge in [0, 0.05) is 18.4 Å². The minimum Gasteiger partial charge on any atom is -0.395 e. The molecule has 0 fully saturated rings. The van der Waals surface area contributed by atoms with Gasteiger partial charge in [-0.3, -0.25) is 10.1 Å². The van der Waals surface area contributed by atoms with E-state index in [1.54, 1.807) is 0 Å². The molecule has 1 amide bonds. The standard InChI is InChI=1S/C14H9F2N3O5S2/c1-26(21,22)11-3-2-10(25-11)12(20)19-13-17-6-4-8-9(5-7(6)18-13)24-14(15,16)23-8/h2-5H,1H3,(H2,17,18,19,20). The molecule has 2 aromatic heterocycles. The van der Waals surface area contributed by atoms with Crippen LogP contribution in [0.5, 0.6) is 11.5 Å². The molecule has 1 aliphatic rings. The molecular formula is C14H9F2N3O5S2. The van der Waals surface area contributed by atoms with Gasteiger partial charge in [0.15, 0.2) is 21.3 Å². The second-order valence-corrected chi connectivity index (χ2v) is 8.74. The lowest BCUT2D eigenvalue weighted by Crippen LogP contribution is -2.25. The first-order valence-electron chi connectivity index (χ1n) is 7.02. The molecule has 0 saturated heterocycles. The third-order valence-electron chi connectivity index (χ3n) is 3.41. The molecular weight excluding hydrogens is 392 g/mol. The van der Waals surface area contributed by atoms with Crippen LogP contribution >= 0.6 is 11.3 Å². The maximum Gasteiger partial charge on any atom is 0.586 e. The van der Waals surface area contributed by atoms with Crippen molar-refractivity contribution in [2.75, 3.05) is 11.6 Å². The Bertz CT molecular complexity index is 1110. The molecule has 0 saturated carbocycles. The van der Waals surface area contributed by atoms with Gasteiger partial charge in [-0.2, -0.15) is 0 Å². The van der Waals surface area contributed by atoms with Crippen molar-refractivity contribution in [3.63, 3.8) is 0 Å². The average molecular weight is 401 g/mol. The number of rotatable bonds is 3. The smallest absolute Gasteiger partial charge is 0.395 e. The highest BCUT2D eigenvalue weighted by molar-refractivity contribution is 7.92. The molecule has 0 radical (unpaired) electrons. The van der Waals surface area contributed by atoms with E-state index in [0.29, 0.717) is 5.52 Å². The number of imidazole rings is 1. The molecule has 0 bridgehead atoms. The highest BCUT2D eigenvalue weighted by Crippen LogP contribution is 2.42. The van der Waals surface area contributed by atoms with E-state index in [1.807, 2.05) is 0 Å². The predicted molar refractivity (Wildman–Crippen MR) is 87.7 cm³/mol. The van der Waals surface area contributed by atoms with Crippen molar-refractivity contribution in [2.24, 2.45) is 0 Å². The zero-order chi connectivity index (χ0) is 18.7. The molecule has 3 aromatic rings. The maximum absolute atomic E-state index is 13.0. The zero-order valence-electron chi connectivity index (χ0n) is 12.9. The third kappa shape index (κ3) is 2.97. The van der Waals surface area contributed by atoms with Gasteiger partial charge < -0.3 is 14.5 Å². The highest BCUT2D eigenvalue weighted by Gasteiger charge is 2.43. The molecule has 12 heteroatoms. The number of halogens is 2. The second-order valence-electron chi connectivity index (χ2n) is 5.41. The Balaban J connectivity index is 1.58. The number of sulfone groups is 1. The summed E-state index contributed by atoms with van der Waals surface area (Å²) in [6, 6.07) is 5.26. The topological polar surface area (TPSA) is 110 Å². The summed E-state index contributed by atoms with van der Waals surface area (Å²) >= 11 is 0.826. The van der Waals surface area contributed by atoms with Crippen LogP contribution in [-0.2, 0) is 9.84 Å². The lowest BCUT2D eigenvalue weighted by Gasteiger charge is -2.04. The number of H-pyrrole nitrogens is 1. The molecule has 1 aliphatic heterocycles. The summed E-state index contributed by atoms with van der Waals surface area (Å²) in [6.07, 6.45) is -2.68. The number of nitrogens with one attached hydrogen (secondary N) is 2. The number of carbonyl (C=O) groups is 1. The van der Waals surface area contributed by atoms with Crippen LogP contribution in [-0.4, -0.2) is 36.8 Å². The molecule has 26 heavy (non-hydrogen) atoms. The van der Waals surface area contributed by atoms with E-state index in [2.05, 4.69) is 24.8 Å². The molecule has 1 aromatic carbocycles. The van der Waals surface area contributed by atoms with Crippen molar-refractivity contribution < 1.29 is 31.5 Å². The molecule has 4 rings (SSSR count). The van der Waals surface area contributed by atoms with E-state index in [-0.39, 0.29) is 32.1 Å². The van der Waals surface area contributed by atoms with Crippen LogP contribution in [0.3, 0.4) is 0 Å². The Hall–Kier alpha value is -2.73. The number of thiophene rings is 1. The Morgan fingerprint density at radius 1 is 1.27 bits per heavy atom. The van der Waals surface area contributed by atoms with Crippen LogP contribution in [0.2, 0.25) is 0 Å². The first kappa shape index (κ1) is 16.7. The molecule has 0 aliphatic carbocycles. The summed E-state index contributed by atoms with van der Waals surface area (Å²) in [5, 5.41) is 2.48. The Morgan fingerprint density at radius 3 is 2.62 bits per heavy atom. The Morgan fingerprint density at radius 2 is 1.96 bits per heavy atom. The minimum absolute atomic E-state index is 0.0646. The summed E-state index contributed by atoms with van der Waals surface area (Å²) in [7, 11) is -3.40. The average Bonchev–Trinajstić information content (AvgIpc) is 3.17. The summed E-state index contributed by atoms with van der Waals surface area (Å²) in [4.78, 5) is 19.2. The second kappa shape index (κ2) is 5.38. The van der Waals surface area contributed by atoms with Crippen molar-refractivity contribution in [3.05, 3.63) is 29.1 Å². The van der Waals surface area contributed by atoms with Gasteiger partial charge in [-0.1, -0.05) is 0 Å². The summed E-state index contributed by atoms with van der Waals surface area (Å²) in [6.45, 7) is 0. The molecule has 3 heterocycles. The largest absolute Gasteiger partial charge is 0.586 e. The molecule has 0 spiro atoms. The van der Waals surface area contributed by atoms with Gasteiger partial charge in [-0.15, -0.1) is 20.1 Å². The number of aromatic nitrogens is 2. The van der Waals surface area contributed by atoms with Crippen LogP contribution in [0, 0.1) is 0 Å². The first-order chi connectivity index (χ1) is 12.1. The van der Waals surface area contributed by atoms with Gasteiger partial charge in [0.2, 0.25) is 5.95 Å². The number of hydrogen-bond donors (Lipinski definition) is 2. The van der Waals surface area contributed by atoms with Crippen molar-refractivity contribution in [2.45, 2.75) is 10.5 Å². The normalized spacial score (nSPS) is 15.3. The van der Waals surface area contributed by atoms with E-state index < -0.39 is 22.0 Å². The number of hydrogen-bond acceptors (Lipinski definition) is 7. The van der Waals surface area contributed by atoms with Gasteiger partial charge in [0.25, 0.3) is 5.91 Å². The SMILES string of the molecule is CS(=O)(=O)c1ccc(C(=O)Nc2nc3cc4c(cc3[nH]2)OC(F)(F)O4)s1. The highest BCUT2D eigenvalue weighted by atomic mass is 32.2. The van der Waals surface area contributed by atoms with Crippen LogP contribution < -0.4 is 14.8 Å². The fourth-order valence-electron chi connectivity index (χ4n) is 2.32. The van der Waals surface area contributed by atoms with Crippen molar-refractivity contribution >= 4 is 44.1 Å². The van der Waals surface area contributed by atoms with Gasteiger partial charge in [0.05, 0.1) is 15.9 Å². The first-order valence-corrected chi connectivity index (χ1v) is 9.72. The van der Waals surface area contributed by atoms with Crippen molar-refractivity contribution in [1.29, 1.82) is 0 Å². The summed E-state index contributed by atoms with van der Waals surface area (Å²) in [5.74, 6) is -0.812. The van der Waals surface area contributed by atoms with Gasteiger partial charge >= 0.3 is 6.29 Å². The Kier molecular flexibility index (Phi) is 3.46. The fraction of sp³-hybridized carbons (Fsp3) is 0.143. The van der Waals surface area contributed by atoms with E-state index in [1.165, 1.54) is 24.3 Å². The maximum atomic E-state index is 13.0. The van der Waals surface area contributed by atoms with E-state index >= 15 is 0 Å². The van der Waals surface area contributed by atoms with E-state index in [0.717, 1.165) is 17.6 Å². The molecule has 0 atom stereocenters. The molecule has 8 nitrogen and oxygen atoms in total. The van der Waals surface area contributed by atoms with Gasteiger partial charge in [-0.05, 0) is 12.1 Å². The van der Waals surface area contributed by atoms with Crippen molar-refractivity contribution in [1.82, 2.24) is 9.97 Å². The van der Waals surface area contributed by atoms with Crippen LogP contribution in [0.4, 0.5) is 14.7 Å². The van der Waals surface area contributed by atoms with Gasteiger partial charge in [-0.25, -0.2) is 13.4 Å². The monoisotopic (exact) mass is 401 g/mol. The molecule has 0 unspecified atom stereocenters. The predicted octanol–water partition coefficient (Wildman–Crippen LogP) is 2.60. The number of nitrogens with zero attached hydrogens (tertiary/aromatic N) is 1. The van der Waals surface area contributed by atoms with Crippen LogP contribution in [0.1, 0.15) is 9.67 Å². The third-order valence-corrected chi connectivity index (χ3v) is 6.31. The fourth-order valence-corrected chi connectivity index (χ4v) is 4.15. The zero-order valence-corrected chi connectivity index (χ0v) is 14.5. The minimum atomic E-state index is -3.73. The van der Waals surface area contributed by atoms with Crippen LogP contribution in [0.25, 0.3) is 11.0 Å². The molecule has 136 valence electrons. The molecule has 2 N–H and O–H groups in total. The van der Waals surface area contributed by atoms with Gasteiger partial charge in [0.1, 0.15) is 4.21 Å². The summed E-state index contributed by atoms with van der Waals surface area (Å²) < 4.78 is 57.8. The van der Waals surface area contributed by atoms with E-state index in [9.17, 15) is 22.0 Å².